The fourth-order valence-corrected chi connectivity index (χ4v) is 1.55. The zero-order valence-corrected chi connectivity index (χ0v) is 8.28. The Morgan fingerprint density at radius 1 is 1.36 bits per heavy atom. The summed E-state index contributed by atoms with van der Waals surface area (Å²) in [5, 5.41) is 8.49. The number of hydrogen-bond acceptors (Lipinski definition) is 2. The number of alkyl halides is 3. The topological polar surface area (TPSA) is 49.8 Å². The number of benzene rings is 1. The van der Waals surface area contributed by atoms with Gasteiger partial charge in [-0.25, -0.2) is 0 Å². The summed E-state index contributed by atoms with van der Waals surface area (Å²) < 4.78 is 37.1. The lowest BCUT2D eigenvalue weighted by atomic mass is 10.1. The molecule has 0 amide bonds. The summed E-state index contributed by atoms with van der Waals surface area (Å²) in [7, 11) is 0. The number of nitrogens with zero attached hydrogens (tertiary/aromatic N) is 1. The van der Waals surface area contributed by atoms with Crippen LogP contribution in [-0.2, 0) is 6.18 Å². The normalized spacial score (nSPS) is 11.1. The van der Waals surface area contributed by atoms with Crippen LogP contribution in [0.25, 0.3) is 0 Å². The third-order valence-electron chi connectivity index (χ3n) is 1.60. The van der Waals surface area contributed by atoms with Crippen LogP contribution in [0.15, 0.2) is 16.6 Å². The van der Waals surface area contributed by atoms with Gasteiger partial charge in [0.1, 0.15) is 6.07 Å². The maximum Gasteiger partial charge on any atom is 0.419 e. The summed E-state index contributed by atoms with van der Waals surface area (Å²) in [6.45, 7) is 0. The van der Waals surface area contributed by atoms with Crippen molar-refractivity contribution in [1.29, 1.82) is 5.26 Å². The molecule has 2 nitrogen and oxygen atoms in total. The van der Waals surface area contributed by atoms with E-state index in [2.05, 4.69) is 15.9 Å². The summed E-state index contributed by atoms with van der Waals surface area (Å²) in [6.07, 6.45) is -4.56. The van der Waals surface area contributed by atoms with E-state index >= 15 is 0 Å². The summed E-state index contributed by atoms with van der Waals surface area (Å²) in [6, 6.07) is 3.97. The fraction of sp³-hybridized carbons (Fsp3) is 0.125. The first-order valence-corrected chi connectivity index (χ1v) is 4.22. The molecule has 0 saturated carbocycles. The minimum Gasteiger partial charge on any atom is -0.397 e. The van der Waals surface area contributed by atoms with Crippen molar-refractivity contribution < 1.29 is 13.2 Å². The van der Waals surface area contributed by atoms with E-state index in [0.29, 0.717) is 0 Å². The van der Waals surface area contributed by atoms with Crippen LogP contribution in [0.3, 0.4) is 0 Å². The highest BCUT2D eigenvalue weighted by Gasteiger charge is 2.36. The van der Waals surface area contributed by atoms with Gasteiger partial charge in [-0.15, -0.1) is 0 Å². The summed E-state index contributed by atoms with van der Waals surface area (Å²) in [5.41, 5.74) is 3.48. The smallest absolute Gasteiger partial charge is 0.397 e. The van der Waals surface area contributed by atoms with Crippen molar-refractivity contribution in [1.82, 2.24) is 0 Å². The third-order valence-corrected chi connectivity index (χ3v) is 2.26. The fourth-order valence-electron chi connectivity index (χ4n) is 0.979. The summed E-state index contributed by atoms with van der Waals surface area (Å²) >= 11 is 2.74. The van der Waals surface area contributed by atoms with Crippen LogP contribution in [-0.4, -0.2) is 0 Å². The molecule has 0 radical (unpaired) electrons. The molecule has 6 heteroatoms. The highest BCUT2D eigenvalue weighted by Crippen LogP contribution is 2.39. The van der Waals surface area contributed by atoms with Crippen molar-refractivity contribution >= 4 is 21.6 Å². The van der Waals surface area contributed by atoms with E-state index in [0.717, 1.165) is 6.07 Å². The molecule has 1 aromatic rings. The first-order valence-electron chi connectivity index (χ1n) is 3.43. The van der Waals surface area contributed by atoms with Gasteiger partial charge in [-0.3, -0.25) is 0 Å². The van der Waals surface area contributed by atoms with E-state index in [1.807, 2.05) is 0 Å². The Balaban J connectivity index is 3.50. The van der Waals surface area contributed by atoms with Crippen LogP contribution in [0.4, 0.5) is 18.9 Å². The lowest BCUT2D eigenvalue weighted by Gasteiger charge is -2.12. The molecule has 0 aliphatic carbocycles. The van der Waals surface area contributed by atoms with Gasteiger partial charge in [0.25, 0.3) is 0 Å². The van der Waals surface area contributed by atoms with E-state index in [4.69, 9.17) is 11.0 Å². The number of nitrogen functional groups attached to an aromatic ring is 1. The first kappa shape index (κ1) is 10.9. The van der Waals surface area contributed by atoms with E-state index in [1.165, 1.54) is 6.07 Å². The van der Waals surface area contributed by atoms with Crippen molar-refractivity contribution in [3.05, 3.63) is 27.7 Å². The van der Waals surface area contributed by atoms with Gasteiger partial charge in [-0.1, -0.05) is 15.9 Å². The predicted octanol–water partition coefficient (Wildman–Crippen LogP) is 2.92. The molecule has 0 aliphatic heterocycles. The molecule has 74 valence electrons. The molecule has 14 heavy (non-hydrogen) atoms. The monoisotopic (exact) mass is 264 g/mol. The average Bonchev–Trinajstić information content (AvgIpc) is 2.02. The second kappa shape index (κ2) is 3.50. The zero-order valence-electron chi connectivity index (χ0n) is 6.69. The van der Waals surface area contributed by atoms with Crippen LogP contribution in [0.2, 0.25) is 0 Å². The Hall–Kier alpha value is -1.22. The Morgan fingerprint density at radius 3 is 2.36 bits per heavy atom. The van der Waals surface area contributed by atoms with Gasteiger partial charge < -0.3 is 5.73 Å². The average molecular weight is 265 g/mol. The number of rotatable bonds is 0. The Bertz CT molecular complexity index is 406. The molecule has 1 rings (SSSR count). The first-order chi connectivity index (χ1) is 6.38. The van der Waals surface area contributed by atoms with Crippen LogP contribution >= 0.6 is 15.9 Å². The standard InChI is InChI=1S/C8H4BrF3N2/c9-5-2-1-4(3-13)7(14)6(5)8(10,11)12/h1-2H,14H2. The number of nitriles is 1. The van der Waals surface area contributed by atoms with E-state index in [9.17, 15) is 13.2 Å². The second-order valence-electron chi connectivity index (χ2n) is 2.49. The van der Waals surface area contributed by atoms with Crippen molar-refractivity contribution in [2.24, 2.45) is 0 Å². The molecule has 1 aromatic carbocycles. The quantitative estimate of drug-likeness (QED) is 0.733. The molecule has 0 aromatic heterocycles. The van der Waals surface area contributed by atoms with Gasteiger partial charge in [-0.05, 0) is 12.1 Å². The molecule has 0 atom stereocenters. The second-order valence-corrected chi connectivity index (χ2v) is 3.35. The molecular formula is C8H4BrF3N2. The Labute approximate surface area is 86.3 Å². The van der Waals surface area contributed by atoms with Crippen LogP contribution < -0.4 is 5.73 Å². The van der Waals surface area contributed by atoms with E-state index in [-0.39, 0.29) is 10.0 Å². The van der Waals surface area contributed by atoms with Crippen molar-refractivity contribution in [2.75, 3.05) is 5.73 Å². The SMILES string of the molecule is N#Cc1ccc(Br)c(C(F)(F)F)c1N. The molecule has 0 bridgehead atoms. The molecule has 0 heterocycles. The van der Waals surface area contributed by atoms with Crippen molar-refractivity contribution in [3.63, 3.8) is 0 Å². The maximum absolute atomic E-state index is 12.4. The van der Waals surface area contributed by atoms with Gasteiger partial charge in [-0.2, -0.15) is 18.4 Å². The highest BCUT2D eigenvalue weighted by atomic mass is 79.9. The van der Waals surface area contributed by atoms with Crippen LogP contribution in [0.5, 0.6) is 0 Å². The van der Waals surface area contributed by atoms with E-state index < -0.39 is 17.4 Å². The Morgan fingerprint density at radius 2 is 1.93 bits per heavy atom. The molecular weight excluding hydrogens is 261 g/mol. The van der Waals surface area contributed by atoms with Crippen molar-refractivity contribution in [2.45, 2.75) is 6.18 Å². The molecule has 0 aliphatic rings. The molecule has 0 saturated heterocycles. The molecule has 0 spiro atoms. The van der Waals surface area contributed by atoms with Crippen LogP contribution in [0, 0.1) is 11.3 Å². The number of hydrogen-bond donors (Lipinski definition) is 1. The molecule has 0 fully saturated rings. The van der Waals surface area contributed by atoms with Gasteiger partial charge in [0.05, 0.1) is 16.8 Å². The third kappa shape index (κ3) is 1.82. The van der Waals surface area contributed by atoms with Gasteiger partial charge in [0.15, 0.2) is 0 Å². The highest BCUT2D eigenvalue weighted by molar-refractivity contribution is 9.10. The number of anilines is 1. The molecule has 2 N–H and O–H groups in total. The minimum absolute atomic E-state index is 0.165. The van der Waals surface area contributed by atoms with Gasteiger partial charge in [0, 0.05) is 4.47 Å². The summed E-state index contributed by atoms with van der Waals surface area (Å²) in [5.74, 6) is 0. The minimum atomic E-state index is -4.56. The number of halogens is 4. The lowest BCUT2D eigenvalue weighted by Crippen LogP contribution is -2.11. The maximum atomic E-state index is 12.4. The lowest BCUT2D eigenvalue weighted by molar-refractivity contribution is -0.137. The van der Waals surface area contributed by atoms with Gasteiger partial charge in [0.2, 0.25) is 0 Å². The predicted molar refractivity (Wildman–Crippen MR) is 48.3 cm³/mol. The Kier molecular flexibility index (Phi) is 2.71. The largest absolute Gasteiger partial charge is 0.419 e. The van der Waals surface area contributed by atoms with E-state index in [1.54, 1.807) is 6.07 Å². The summed E-state index contributed by atoms with van der Waals surface area (Å²) in [4.78, 5) is 0. The van der Waals surface area contributed by atoms with Gasteiger partial charge >= 0.3 is 6.18 Å². The zero-order chi connectivity index (χ0) is 10.9. The van der Waals surface area contributed by atoms with Crippen molar-refractivity contribution in [3.8, 4) is 6.07 Å². The molecule has 0 unspecified atom stereocenters. The number of nitrogens with two attached hydrogens (primary N) is 1. The van der Waals surface area contributed by atoms with Crippen LogP contribution in [0.1, 0.15) is 11.1 Å².